The molecule has 0 amide bonds. The van der Waals surface area contributed by atoms with Crippen LogP contribution in [0.3, 0.4) is 0 Å². The SMILES string of the molecule is Cc1cc2c3c(c1)N(c1ccc4c(c1)C(C)(C)CCC4(C)C)c1c(sc4cc(C(C)(C)C)c(C(C)(C)C)cc14)B3c1cc(C(C)(C)C)ccc1N2c1ccc(C(C)(C)C)cc1-c1ccc(C(C)(C)C)cc1. The van der Waals surface area contributed by atoms with Crippen LogP contribution in [0.15, 0.2) is 103 Å². The summed E-state index contributed by atoms with van der Waals surface area (Å²) in [6, 6.07) is 42.0. The monoisotopic (exact) mass is 957 g/mol. The first-order chi connectivity index (χ1) is 32.8. The normalized spacial score (nSPS) is 16.5. The lowest BCUT2D eigenvalue weighted by atomic mass is 9.36. The number of hydrogen-bond donors (Lipinski definition) is 0. The summed E-state index contributed by atoms with van der Waals surface area (Å²) in [6.07, 6.45) is 2.37. The van der Waals surface area contributed by atoms with E-state index in [1.54, 1.807) is 0 Å². The number of aryl methyl sites for hydroxylation is 1. The van der Waals surface area contributed by atoms with Gasteiger partial charge in [-0.15, -0.1) is 11.3 Å². The van der Waals surface area contributed by atoms with E-state index in [0.29, 0.717) is 0 Å². The number of benzene rings is 6. The Morgan fingerprint density at radius 3 is 1.58 bits per heavy atom. The van der Waals surface area contributed by atoms with Crippen LogP contribution in [0.2, 0.25) is 0 Å². The van der Waals surface area contributed by atoms with Crippen molar-refractivity contribution in [2.24, 2.45) is 0 Å². The average molecular weight is 957 g/mol. The van der Waals surface area contributed by atoms with Gasteiger partial charge < -0.3 is 9.80 Å². The van der Waals surface area contributed by atoms with Crippen LogP contribution in [0, 0.1) is 6.92 Å². The summed E-state index contributed by atoms with van der Waals surface area (Å²) in [6.45, 7) is 47.7. The van der Waals surface area contributed by atoms with Crippen LogP contribution >= 0.6 is 11.3 Å². The maximum atomic E-state index is 2.73. The molecule has 1 aliphatic carbocycles. The van der Waals surface area contributed by atoms with E-state index in [0.717, 1.165) is 0 Å². The number of rotatable bonds is 3. The van der Waals surface area contributed by atoms with Gasteiger partial charge in [0, 0.05) is 43.2 Å². The number of thiophene rings is 1. The van der Waals surface area contributed by atoms with Gasteiger partial charge in [-0.05, 0) is 173 Å². The van der Waals surface area contributed by atoms with Crippen LogP contribution in [0.5, 0.6) is 0 Å². The number of anilines is 6. The predicted octanol–water partition coefficient (Wildman–Crippen LogP) is 17.8. The van der Waals surface area contributed by atoms with E-state index in [1.165, 1.54) is 128 Å². The van der Waals surface area contributed by atoms with Crippen molar-refractivity contribution in [1.29, 1.82) is 0 Å². The molecule has 71 heavy (non-hydrogen) atoms. The van der Waals surface area contributed by atoms with Crippen LogP contribution < -0.4 is 25.5 Å². The van der Waals surface area contributed by atoms with Crippen LogP contribution in [0.1, 0.15) is 189 Å². The summed E-state index contributed by atoms with van der Waals surface area (Å²) in [7, 11) is 0. The Hall–Kier alpha value is -5.06. The summed E-state index contributed by atoms with van der Waals surface area (Å²) >= 11 is 2.04. The maximum Gasteiger partial charge on any atom is 0.264 e. The largest absolute Gasteiger partial charge is 0.311 e. The fourth-order valence-electron chi connectivity index (χ4n) is 12.2. The molecule has 3 aliphatic rings. The van der Waals surface area contributed by atoms with Crippen molar-refractivity contribution >= 4 is 78.0 Å². The maximum absolute atomic E-state index is 2.73. The summed E-state index contributed by atoms with van der Waals surface area (Å²) in [4.78, 5) is 5.39. The van der Waals surface area contributed by atoms with Gasteiger partial charge in [-0.25, -0.2) is 0 Å². The second-order valence-electron chi connectivity index (χ2n) is 28.4. The standard InChI is InChI=1S/C67H81BN2S/c1-40-33-55-58-56(34-40)70(53-29-25-43(62(5,6)7)35-46(53)41-21-23-42(24-22-41)61(2,3)4)54-30-26-44(63(8,9)10)36-52(54)68(58)60-59(47-38-49(64(11,12)13)50(65(14,15)16)39-57(47)71-60)69(55)45-27-28-48-51(37-45)67(19,20)32-31-66(48,17)18/h21-30,33-39H,31-32H2,1-20H3. The number of fused-ring (bicyclic) bond motifs is 7. The molecule has 0 unspecified atom stereocenters. The molecule has 3 heterocycles. The smallest absolute Gasteiger partial charge is 0.264 e. The van der Waals surface area contributed by atoms with Gasteiger partial charge in [0.15, 0.2) is 0 Å². The minimum atomic E-state index is -0.0406. The van der Waals surface area contributed by atoms with Gasteiger partial charge in [-0.1, -0.05) is 180 Å². The highest BCUT2D eigenvalue weighted by Gasteiger charge is 2.47. The molecule has 0 N–H and O–H groups in total. The van der Waals surface area contributed by atoms with E-state index < -0.39 is 0 Å². The van der Waals surface area contributed by atoms with Gasteiger partial charge in [-0.3, -0.25) is 0 Å². The van der Waals surface area contributed by atoms with Crippen LogP contribution in [-0.2, 0) is 37.9 Å². The van der Waals surface area contributed by atoms with Gasteiger partial charge in [0.2, 0.25) is 0 Å². The predicted molar refractivity (Wildman–Crippen MR) is 315 cm³/mol. The number of nitrogens with zero attached hydrogens (tertiary/aromatic N) is 2. The second kappa shape index (κ2) is 16.0. The molecule has 2 aliphatic heterocycles. The molecular weight excluding hydrogens is 876 g/mol. The Kier molecular flexibility index (Phi) is 11.1. The molecule has 0 fully saturated rings. The third kappa shape index (κ3) is 8.22. The van der Waals surface area contributed by atoms with Gasteiger partial charge in [-0.2, -0.15) is 0 Å². The molecule has 368 valence electrons. The zero-order valence-electron chi connectivity index (χ0n) is 47.1. The molecule has 0 saturated carbocycles. The Labute approximate surface area is 433 Å². The Morgan fingerprint density at radius 2 is 1.00 bits per heavy atom. The molecule has 0 bridgehead atoms. The molecule has 10 rings (SSSR count). The fourth-order valence-corrected chi connectivity index (χ4v) is 13.5. The zero-order valence-corrected chi connectivity index (χ0v) is 47.9. The van der Waals surface area contributed by atoms with Crippen molar-refractivity contribution in [3.05, 3.63) is 148 Å². The lowest BCUT2D eigenvalue weighted by Gasteiger charge is -2.45. The van der Waals surface area contributed by atoms with Crippen molar-refractivity contribution in [3.8, 4) is 11.1 Å². The summed E-state index contributed by atoms with van der Waals surface area (Å²) < 4.78 is 2.81. The molecule has 2 nitrogen and oxygen atoms in total. The molecule has 0 saturated heterocycles. The summed E-state index contributed by atoms with van der Waals surface area (Å²) in [5.41, 5.74) is 24.2. The van der Waals surface area contributed by atoms with Crippen molar-refractivity contribution in [3.63, 3.8) is 0 Å². The van der Waals surface area contributed by atoms with Crippen molar-refractivity contribution < 1.29 is 0 Å². The highest BCUT2D eigenvalue weighted by Crippen LogP contribution is 2.54. The zero-order chi connectivity index (χ0) is 51.5. The Balaban J connectivity index is 1.34. The van der Waals surface area contributed by atoms with Crippen molar-refractivity contribution in [2.75, 3.05) is 9.80 Å². The third-order valence-electron chi connectivity index (χ3n) is 16.7. The topological polar surface area (TPSA) is 6.48 Å². The van der Waals surface area contributed by atoms with Gasteiger partial charge >= 0.3 is 0 Å². The lowest BCUT2D eigenvalue weighted by molar-refractivity contribution is 0.332. The van der Waals surface area contributed by atoms with Gasteiger partial charge in [0.25, 0.3) is 6.71 Å². The van der Waals surface area contributed by atoms with Crippen LogP contribution in [-0.4, -0.2) is 6.71 Å². The van der Waals surface area contributed by atoms with Gasteiger partial charge in [0.05, 0.1) is 11.4 Å². The fraction of sp³-hybridized carbons (Fsp3) is 0.433. The van der Waals surface area contributed by atoms with Crippen molar-refractivity contribution in [2.45, 2.75) is 189 Å². The van der Waals surface area contributed by atoms with Gasteiger partial charge in [0.1, 0.15) is 0 Å². The van der Waals surface area contributed by atoms with E-state index in [1.807, 2.05) is 11.3 Å². The minimum Gasteiger partial charge on any atom is -0.311 e. The minimum absolute atomic E-state index is 0.0159. The third-order valence-corrected chi connectivity index (χ3v) is 17.9. The molecule has 6 aromatic carbocycles. The Bertz CT molecular complexity index is 3290. The van der Waals surface area contributed by atoms with E-state index in [4.69, 9.17) is 0 Å². The van der Waals surface area contributed by atoms with E-state index >= 15 is 0 Å². The number of hydrogen-bond acceptors (Lipinski definition) is 3. The Morgan fingerprint density at radius 1 is 0.479 bits per heavy atom. The quantitative estimate of drug-likeness (QED) is 0.163. The lowest BCUT2D eigenvalue weighted by Crippen LogP contribution is -2.60. The van der Waals surface area contributed by atoms with Crippen molar-refractivity contribution in [1.82, 2.24) is 0 Å². The molecule has 1 aromatic heterocycles. The van der Waals surface area contributed by atoms with E-state index in [9.17, 15) is 0 Å². The molecule has 4 heteroatoms. The highest BCUT2D eigenvalue weighted by atomic mass is 32.1. The highest BCUT2D eigenvalue weighted by molar-refractivity contribution is 7.33. The first-order valence-corrected chi connectivity index (χ1v) is 27.5. The molecular formula is C67H81BN2S. The molecule has 7 aromatic rings. The summed E-state index contributed by atoms with van der Waals surface area (Å²) in [5.74, 6) is 0. The summed E-state index contributed by atoms with van der Waals surface area (Å²) in [5, 5.41) is 1.36. The molecule has 0 radical (unpaired) electrons. The van der Waals surface area contributed by atoms with E-state index in [-0.39, 0.29) is 44.6 Å². The average Bonchev–Trinajstić information content (AvgIpc) is 3.64. The second-order valence-corrected chi connectivity index (χ2v) is 29.4. The molecule has 0 spiro atoms. The first kappa shape index (κ1) is 49.5. The van der Waals surface area contributed by atoms with E-state index in [2.05, 4.69) is 251 Å². The van der Waals surface area contributed by atoms with Crippen LogP contribution in [0.4, 0.5) is 34.1 Å². The van der Waals surface area contributed by atoms with Crippen LogP contribution in [0.25, 0.3) is 21.2 Å². The first-order valence-electron chi connectivity index (χ1n) is 26.7. The molecule has 0 atom stereocenters.